The molecule has 0 spiro atoms. The molecule has 1 aliphatic heterocycles. The molecular weight excluding hydrogens is 414 g/mol. The highest BCUT2D eigenvalue weighted by atomic mass is 32.1. The molecule has 1 fully saturated rings. The van der Waals surface area contributed by atoms with Crippen molar-refractivity contribution in [3.8, 4) is 5.69 Å². The zero-order valence-corrected chi connectivity index (χ0v) is 20.5. The molecule has 2 unspecified atom stereocenters. The molecule has 32 heavy (non-hydrogen) atoms. The number of unbranched alkanes of at least 4 members (excludes halogenated alkanes) is 1. The van der Waals surface area contributed by atoms with Crippen LogP contribution in [0.5, 0.6) is 0 Å². The summed E-state index contributed by atoms with van der Waals surface area (Å²) in [5.41, 5.74) is 7.18. The molecule has 4 rings (SSSR count). The minimum Gasteiger partial charge on any atom is -0.378 e. The molecule has 3 aromatic rings. The fraction of sp³-hybridized carbons (Fsp3) is 0.385. The smallest absolute Gasteiger partial charge is 0.170 e. The van der Waals surface area contributed by atoms with Crippen molar-refractivity contribution in [2.45, 2.75) is 45.7 Å². The van der Waals surface area contributed by atoms with E-state index in [0.717, 1.165) is 30.2 Å². The van der Waals surface area contributed by atoms with Crippen molar-refractivity contribution in [2.24, 2.45) is 0 Å². The number of pyridine rings is 1. The van der Waals surface area contributed by atoms with Crippen LogP contribution in [0.1, 0.15) is 54.5 Å². The van der Waals surface area contributed by atoms with Gasteiger partial charge in [-0.15, -0.1) is 0 Å². The molecule has 1 aliphatic rings. The standard InChI is InChI=1S/C26H33N5S/c1-6-7-16-30-25(24(28-26(30)32)23-10-8-9-15-27-23)22-17-18(2)31(19(22)3)21-13-11-20(12-14-21)29(4)5/h8-15,17,24-25H,6-7,16H2,1-5H3,(H,28,32). The summed E-state index contributed by atoms with van der Waals surface area (Å²) in [6, 6.07) is 17.3. The summed E-state index contributed by atoms with van der Waals surface area (Å²) in [5, 5.41) is 4.39. The van der Waals surface area contributed by atoms with Crippen molar-refractivity contribution in [1.82, 2.24) is 19.8 Å². The lowest BCUT2D eigenvalue weighted by Crippen LogP contribution is -2.30. The van der Waals surface area contributed by atoms with E-state index in [9.17, 15) is 0 Å². The highest BCUT2D eigenvalue weighted by Gasteiger charge is 2.41. The topological polar surface area (TPSA) is 36.3 Å². The Morgan fingerprint density at radius 1 is 1.09 bits per heavy atom. The third-order valence-corrected chi connectivity index (χ3v) is 6.72. The van der Waals surface area contributed by atoms with Gasteiger partial charge in [0, 0.05) is 49.6 Å². The van der Waals surface area contributed by atoms with Gasteiger partial charge in [-0.2, -0.15) is 0 Å². The lowest BCUT2D eigenvalue weighted by atomic mass is 9.96. The van der Waals surface area contributed by atoms with E-state index in [1.54, 1.807) is 0 Å². The Morgan fingerprint density at radius 2 is 1.84 bits per heavy atom. The Labute approximate surface area is 197 Å². The quantitative estimate of drug-likeness (QED) is 0.496. The number of nitrogens with zero attached hydrogens (tertiary/aromatic N) is 4. The summed E-state index contributed by atoms with van der Waals surface area (Å²) >= 11 is 5.80. The van der Waals surface area contributed by atoms with E-state index in [1.165, 1.54) is 28.3 Å². The first kappa shape index (κ1) is 22.3. The number of thiocarbonyl (C=S) groups is 1. The molecule has 6 heteroatoms. The molecule has 0 saturated carbocycles. The predicted octanol–water partition coefficient (Wildman–Crippen LogP) is 5.33. The molecule has 0 amide bonds. The van der Waals surface area contributed by atoms with Gasteiger partial charge in [-0.1, -0.05) is 19.4 Å². The number of benzene rings is 1. The van der Waals surface area contributed by atoms with E-state index >= 15 is 0 Å². The van der Waals surface area contributed by atoms with Crippen LogP contribution in [-0.2, 0) is 0 Å². The van der Waals surface area contributed by atoms with Gasteiger partial charge >= 0.3 is 0 Å². The van der Waals surface area contributed by atoms with Crippen LogP contribution >= 0.6 is 12.2 Å². The third-order valence-electron chi connectivity index (χ3n) is 6.36. The number of aryl methyl sites for hydroxylation is 1. The summed E-state index contributed by atoms with van der Waals surface area (Å²) in [5.74, 6) is 0. The van der Waals surface area contributed by atoms with E-state index in [4.69, 9.17) is 12.2 Å². The lowest BCUT2D eigenvalue weighted by molar-refractivity contribution is 0.312. The van der Waals surface area contributed by atoms with E-state index < -0.39 is 0 Å². The van der Waals surface area contributed by atoms with Crippen LogP contribution in [0.4, 0.5) is 5.69 Å². The molecular formula is C26H33N5S. The highest BCUT2D eigenvalue weighted by Crippen LogP contribution is 2.41. The molecule has 3 heterocycles. The molecule has 1 saturated heterocycles. The van der Waals surface area contributed by atoms with Crippen molar-refractivity contribution in [2.75, 3.05) is 25.5 Å². The molecule has 168 valence electrons. The van der Waals surface area contributed by atoms with Crippen LogP contribution in [-0.4, -0.2) is 40.2 Å². The summed E-state index contributed by atoms with van der Waals surface area (Å²) in [4.78, 5) is 9.15. The van der Waals surface area contributed by atoms with Crippen molar-refractivity contribution < 1.29 is 0 Å². The second kappa shape index (κ2) is 9.33. The molecule has 1 aromatic carbocycles. The second-order valence-electron chi connectivity index (χ2n) is 8.75. The van der Waals surface area contributed by atoms with E-state index in [2.05, 4.69) is 102 Å². The Kier molecular flexibility index (Phi) is 6.51. The molecule has 1 N–H and O–H groups in total. The average Bonchev–Trinajstić information content (AvgIpc) is 3.27. The van der Waals surface area contributed by atoms with Crippen LogP contribution in [0.15, 0.2) is 54.7 Å². The molecule has 5 nitrogen and oxygen atoms in total. The summed E-state index contributed by atoms with van der Waals surface area (Å²) in [6.07, 6.45) is 4.11. The summed E-state index contributed by atoms with van der Waals surface area (Å²) < 4.78 is 2.35. The minimum absolute atomic E-state index is 0.0330. The zero-order valence-electron chi connectivity index (χ0n) is 19.7. The molecule has 0 bridgehead atoms. The van der Waals surface area contributed by atoms with Crippen molar-refractivity contribution in [3.63, 3.8) is 0 Å². The Balaban J connectivity index is 1.78. The maximum absolute atomic E-state index is 5.80. The first-order valence-corrected chi connectivity index (χ1v) is 11.8. The summed E-state index contributed by atoms with van der Waals surface area (Å²) in [6.45, 7) is 7.57. The third kappa shape index (κ3) is 4.11. The van der Waals surface area contributed by atoms with E-state index in [0.29, 0.717) is 0 Å². The minimum atomic E-state index is 0.0330. The number of nitrogens with one attached hydrogen (secondary N) is 1. The zero-order chi connectivity index (χ0) is 22.8. The largest absolute Gasteiger partial charge is 0.378 e. The van der Waals surface area contributed by atoms with Gasteiger partial charge in [0.1, 0.15) is 0 Å². The Morgan fingerprint density at radius 3 is 2.47 bits per heavy atom. The number of rotatable bonds is 7. The van der Waals surface area contributed by atoms with Gasteiger partial charge < -0.3 is 19.7 Å². The SMILES string of the molecule is CCCCN1C(=S)NC(c2ccccn2)C1c1cc(C)n(-c2ccc(N(C)C)cc2)c1C. The first-order chi connectivity index (χ1) is 15.4. The highest BCUT2D eigenvalue weighted by molar-refractivity contribution is 7.80. The first-order valence-electron chi connectivity index (χ1n) is 11.4. The predicted molar refractivity (Wildman–Crippen MR) is 137 cm³/mol. The van der Waals surface area contributed by atoms with Gasteiger partial charge in [-0.3, -0.25) is 4.98 Å². The van der Waals surface area contributed by atoms with Gasteiger partial charge in [-0.05, 0) is 80.5 Å². The fourth-order valence-electron chi connectivity index (χ4n) is 4.70. The van der Waals surface area contributed by atoms with Gasteiger partial charge in [0.05, 0.1) is 17.8 Å². The van der Waals surface area contributed by atoms with E-state index in [-0.39, 0.29) is 12.1 Å². The number of aromatic nitrogens is 2. The average molecular weight is 448 g/mol. The van der Waals surface area contributed by atoms with Crippen LogP contribution in [0.2, 0.25) is 0 Å². The fourth-order valence-corrected chi connectivity index (χ4v) is 5.03. The number of hydrogen-bond donors (Lipinski definition) is 1. The number of hydrogen-bond acceptors (Lipinski definition) is 3. The van der Waals surface area contributed by atoms with Crippen molar-refractivity contribution >= 4 is 23.0 Å². The molecule has 2 atom stereocenters. The van der Waals surface area contributed by atoms with Gasteiger partial charge in [0.2, 0.25) is 0 Å². The molecule has 0 aliphatic carbocycles. The van der Waals surface area contributed by atoms with Crippen LogP contribution in [0, 0.1) is 13.8 Å². The Bertz CT molecular complexity index is 1070. The molecule has 2 aromatic heterocycles. The lowest BCUT2D eigenvalue weighted by Gasteiger charge is -2.28. The van der Waals surface area contributed by atoms with Gasteiger partial charge in [0.15, 0.2) is 5.11 Å². The van der Waals surface area contributed by atoms with Crippen molar-refractivity contribution in [1.29, 1.82) is 0 Å². The molecule has 0 radical (unpaired) electrons. The van der Waals surface area contributed by atoms with Crippen LogP contribution < -0.4 is 10.2 Å². The summed E-state index contributed by atoms with van der Waals surface area (Å²) in [7, 11) is 4.13. The Hall–Kier alpha value is -2.86. The normalized spacial score (nSPS) is 18.2. The van der Waals surface area contributed by atoms with Crippen molar-refractivity contribution in [3.05, 3.63) is 77.4 Å². The van der Waals surface area contributed by atoms with Crippen LogP contribution in [0.25, 0.3) is 5.69 Å². The maximum atomic E-state index is 5.80. The number of anilines is 1. The van der Waals surface area contributed by atoms with Gasteiger partial charge in [0.25, 0.3) is 0 Å². The monoisotopic (exact) mass is 447 g/mol. The van der Waals surface area contributed by atoms with Gasteiger partial charge in [-0.25, -0.2) is 0 Å². The second-order valence-corrected chi connectivity index (χ2v) is 9.13. The maximum Gasteiger partial charge on any atom is 0.170 e. The van der Waals surface area contributed by atoms with Crippen LogP contribution in [0.3, 0.4) is 0 Å². The van der Waals surface area contributed by atoms with E-state index in [1.807, 2.05) is 12.3 Å².